The number of aliphatic hydroxyl groups is 3. The number of hydrogen-bond donors (Lipinski definition) is 3. The molecule has 8 heteroatoms. The number of imidazole rings is 1. The van der Waals surface area contributed by atoms with E-state index in [-0.39, 0.29) is 31.1 Å². The highest BCUT2D eigenvalue weighted by atomic mass is 35.5. The molecular formula is C14H17ClN4O3. The Morgan fingerprint density at radius 2 is 2.05 bits per heavy atom. The molecule has 0 unspecified atom stereocenters. The number of nitrogens with zero attached hydrogens (tertiary/aromatic N) is 4. The fraction of sp³-hybridized carbons (Fsp3) is 0.643. The predicted molar refractivity (Wildman–Crippen MR) is 78.2 cm³/mol. The molecule has 3 N–H and O–H groups in total. The summed E-state index contributed by atoms with van der Waals surface area (Å²) in [6, 6.07) is -0.160. The Bertz CT molecular complexity index is 715. The Hall–Kier alpha value is -1.28. The van der Waals surface area contributed by atoms with E-state index in [0.717, 1.165) is 6.42 Å². The van der Waals surface area contributed by atoms with E-state index in [9.17, 15) is 15.3 Å². The summed E-state index contributed by atoms with van der Waals surface area (Å²) in [7, 11) is 0. The van der Waals surface area contributed by atoms with Crippen molar-refractivity contribution >= 4 is 22.8 Å². The first-order valence-corrected chi connectivity index (χ1v) is 7.72. The van der Waals surface area contributed by atoms with Gasteiger partial charge in [-0.15, -0.1) is 0 Å². The molecule has 0 spiro atoms. The van der Waals surface area contributed by atoms with E-state index in [1.807, 2.05) is 4.57 Å². The molecule has 4 atom stereocenters. The number of halogens is 1. The van der Waals surface area contributed by atoms with Crippen molar-refractivity contribution in [2.24, 2.45) is 17.3 Å². The second-order valence-corrected chi connectivity index (χ2v) is 6.81. The zero-order chi connectivity index (χ0) is 15.5. The molecule has 22 heavy (non-hydrogen) atoms. The molecule has 2 aliphatic rings. The summed E-state index contributed by atoms with van der Waals surface area (Å²) in [5.74, 6) is 0.0534. The third-order valence-corrected chi connectivity index (χ3v) is 5.80. The van der Waals surface area contributed by atoms with E-state index < -0.39 is 11.5 Å². The number of aliphatic hydroxyl groups excluding tert-OH is 3. The lowest BCUT2D eigenvalue weighted by atomic mass is 9.71. The van der Waals surface area contributed by atoms with Gasteiger partial charge < -0.3 is 19.9 Å². The van der Waals surface area contributed by atoms with E-state index in [2.05, 4.69) is 15.0 Å². The lowest BCUT2D eigenvalue weighted by molar-refractivity contribution is -0.0645. The maximum Gasteiger partial charge on any atom is 0.165 e. The van der Waals surface area contributed by atoms with Crippen LogP contribution in [0.1, 0.15) is 18.9 Å². The van der Waals surface area contributed by atoms with Crippen LogP contribution < -0.4 is 0 Å². The highest BCUT2D eigenvalue weighted by molar-refractivity contribution is 6.33. The summed E-state index contributed by atoms with van der Waals surface area (Å²) < 4.78 is 1.86. The fourth-order valence-corrected chi connectivity index (χ4v) is 4.64. The van der Waals surface area contributed by atoms with Gasteiger partial charge in [0.05, 0.1) is 31.7 Å². The minimum Gasteiger partial charge on any atom is -0.396 e. The third-order valence-electron chi connectivity index (χ3n) is 5.52. The van der Waals surface area contributed by atoms with Crippen LogP contribution in [-0.2, 0) is 0 Å². The van der Waals surface area contributed by atoms with Crippen molar-refractivity contribution in [3.8, 4) is 0 Å². The van der Waals surface area contributed by atoms with Crippen LogP contribution in [-0.4, -0.2) is 54.2 Å². The molecule has 2 heterocycles. The van der Waals surface area contributed by atoms with Gasteiger partial charge in [-0.05, 0) is 24.7 Å². The number of fused-ring (bicyclic) bond motifs is 3. The molecular weight excluding hydrogens is 308 g/mol. The number of hydrogen-bond acceptors (Lipinski definition) is 6. The Labute approximate surface area is 131 Å². The Morgan fingerprint density at radius 3 is 2.73 bits per heavy atom. The number of aromatic nitrogens is 4. The van der Waals surface area contributed by atoms with Gasteiger partial charge in [0, 0.05) is 5.41 Å². The van der Waals surface area contributed by atoms with Crippen LogP contribution in [0.25, 0.3) is 11.2 Å². The molecule has 2 saturated carbocycles. The van der Waals surface area contributed by atoms with Crippen LogP contribution in [0.2, 0.25) is 5.15 Å². The third kappa shape index (κ3) is 1.70. The topological polar surface area (TPSA) is 104 Å². The maximum atomic E-state index is 10.7. The first-order valence-electron chi connectivity index (χ1n) is 7.34. The summed E-state index contributed by atoms with van der Waals surface area (Å²) in [5.41, 5.74) is 0.550. The second-order valence-electron chi connectivity index (χ2n) is 6.45. The molecule has 0 aromatic carbocycles. The zero-order valence-corrected chi connectivity index (χ0v) is 12.6. The van der Waals surface area contributed by atoms with Crippen LogP contribution in [0.4, 0.5) is 0 Å². The van der Waals surface area contributed by atoms with Crippen molar-refractivity contribution in [2.75, 3.05) is 13.2 Å². The van der Waals surface area contributed by atoms with Crippen LogP contribution in [0.3, 0.4) is 0 Å². The highest BCUT2D eigenvalue weighted by Gasteiger charge is 2.60. The first kappa shape index (κ1) is 14.3. The molecule has 2 aliphatic carbocycles. The number of rotatable bonds is 3. The smallest absolute Gasteiger partial charge is 0.165 e. The molecule has 2 fully saturated rings. The fourth-order valence-electron chi connectivity index (χ4n) is 4.46. The molecule has 0 amide bonds. The lowest BCUT2D eigenvalue weighted by Crippen LogP contribution is -2.45. The van der Waals surface area contributed by atoms with E-state index in [1.165, 1.54) is 6.33 Å². The summed E-state index contributed by atoms with van der Waals surface area (Å²) in [6.45, 7) is -0.208. The van der Waals surface area contributed by atoms with Gasteiger partial charge in [0.2, 0.25) is 0 Å². The van der Waals surface area contributed by atoms with Crippen molar-refractivity contribution in [1.82, 2.24) is 19.5 Å². The second kappa shape index (κ2) is 4.86. The van der Waals surface area contributed by atoms with E-state index in [4.69, 9.17) is 11.6 Å². The van der Waals surface area contributed by atoms with Crippen molar-refractivity contribution in [2.45, 2.75) is 25.0 Å². The molecule has 0 saturated heterocycles. The Kier molecular flexibility index (Phi) is 3.16. The van der Waals surface area contributed by atoms with Gasteiger partial charge in [0.15, 0.2) is 10.8 Å². The molecule has 4 rings (SSSR count). The minimum atomic E-state index is -0.649. The van der Waals surface area contributed by atoms with Crippen LogP contribution in [0, 0.1) is 17.3 Å². The minimum absolute atomic E-state index is 0.104. The standard InChI is InChI=1S/C14H17ClN4O3/c15-12-9-13(17-5-16-12)19(6-18-9)10-7-1-8(11(10)22)14(2-7,3-20)4-21/h5-8,10-11,20-22H,1-4H2/t7-,8-,10+,11+/m1/s1. The molecule has 2 bridgehead atoms. The summed E-state index contributed by atoms with van der Waals surface area (Å²) in [5, 5.41) is 30.3. The van der Waals surface area contributed by atoms with Crippen LogP contribution >= 0.6 is 11.6 Å². The SMILES string of the molecule is OCC1(CO)C[C@H]2C[C@@H]1[C@H](O)[C@H]2n1cnc2c(Cl)ncnc21. The quantitative estimate of drug-likeness (QED) is 0.706. The monoisotopic (exact) mass is 324 g/mol. The highest BCUT2D eigenvalue weighted by Crippen LogP contribution is 2.59. The van der Waals surface area contributed by atoms with Crippen LogP contribution in [0.5, 0.6) is 0 Å². The first-order chi connectivity index (χ1) is 10.6. The molecule has 7 nitrogen and oxygen atoms in total. The molecule has 0 aliphatic heterocycles. The van der Waals surface area contributed by atoms with Gasteiger partial charge in [0.1, 0.15) is 11.8 Å². The van der Waals surface area contributed by atoms with Gasteiger partial charge in [-0.3, -0.25) is 0 Å². The largest absolute Gasteiger partial charge is 0.396 e. The summed E-state index contributed by atoms with van der Waals surface area (Å²) in [6.07, 6.45) is 3.84. The van der Waals surface area contributed by atoms with E-state index >= 15 is 0 Å². The lowest BCUT2D eigenvalue weighted by Gasteiger charge is -2.40. The normalized spacial score (nSPS) is 32.9. The summed E-state index contributed by atoms with van der Waals surface area (Å²) >= 11 is 6.03. The van der Waals surface area contributed by atoms with Crippen molar-refractivity contribution in [3.63, 3.8) is 0 Å². The van der Waals surface area contributed by atoms with E-state index in [0.29, 0.717) is 22.7 Å². The molecule has 118 valence electrons. The summed E-state index contributed by atoms with van der Waals surface area (Å²) in [4.78, 5) is 12.4. The molecule has 2 aromatic rings. The van der Waals surface area contributed by atoms with Gasteiger partial charge in [-0.25, -0.2) is 15.0 Å². The van der Waals surface area contributed by atoms with Gasteiger partial charge in [0.25, 0.3) is 0 Å². The zero-order valence-electron chi connectivity index (χ0n) is 11.8. The van der Waals surface area contributed by atoms with Gasteiger partial charge in [-0.2, -0.15) is 0 Å². The Morgan fingerprint density at radius 1 is 1.27 bits per heavy atom. The van der Waals surface area contributed by atoms with Gasteiger partial charge in [-0.1, -0.05) is 11.6 Å². The average Bonchev–Trinajstić information content (AvgIpc) is 3.19. The molecule has 0 radical (unpaired) electrons. The Balaban J connectivity index is 1.75. The van der Waals surface area contributed by atoms with Crippen molar-refractivity contribution < 1.29 is 15.3 Å². The van der Waals surface area contributed by atoms with Gasteiger partial charge >= 0.3 is 0 Å². The maximum absolute atomic E-state index is 10.7. The van der Waals surface area contributed by atoms with Crippen LogP contribution in [0.15, 0.2) is 12.7 Å². The van der Waals surface area contributed by atoms with E-state index in [1.54, 1.807) is 6.33 Å². The predicted octanol–water partition coefficient (Wildman–Crippen LogP) is 0.392. The average molecular weight is 325 g/mol. The molecule has 2 aromatic heterocycles. The van der Waals surface area contributed by atoms with Crippen molar-refractivity contribution in [3.05, 3.63) is 17.8 Å². The van der Waals surface area contributed by atoms with Crippen molar-refractivity contribution in [1.29, 1.82) is 0 Å².